The van der Waals surface area contributed by atoms with Crippen LogP contribution in [-0.4, -0.2) is 160 Å². The number of nitrogens with one attached hydrogen (secondary N) is 4. The van der Waals surface area contributed by atoms with Crippen molar-refractivity contribution in [2.45, 2.75) is 176 Å². The molecule has 0 aromatic heterocycles. The van der Waals surface area contributed by atoms with Gasteiger partial charge in [0.05, 0.1) is 0 Å². The van der Waals surface area contributed by atoms with Gasteiger partial charge in [0.15, 0.2) is 6.10 Å². The van der Waals surface area contributed by atoms with E-state index in [-0.39, 0.29) is 31.7 Å². The monoisotopic (exact) mass is 1070 g/mol. The molecule has 5 N–H and O–H groups in total. The lowest BCUT2D eigenvalue weighted by molar-refractivity contribution is -0.167. The third kappa shape index (κ3) is 15.9. The van der Waals surface area contributed by atoms with Crippen LogP contribution in [0.5, 0.6) is 0 Å². The molecule has 4 rings (SSSR count). The minimum Gasteiger partial charge on any atom is -0.450 e. The minimum atomic E-state index is -1.64. The van der Waals surface area contributed by atoms with Gasteiger partial charge in [-0.25, -0.2) is 4.79 Å². The van der Waals surface area contributed by atoms with E-state index in [4.69, 9.17) is 4.74 Å². The van der Waals surface area contributed by atoms with Gasteiger partial charge in [0, 0.05) is 34.1 Å². The molecule has 2 fully saturated rings. The molecule has 0 spiro atoms. The van der Waals surface area contributed by atoms with Crippen LogP contribution in [0.1, 0.15) is 126 Å². The van der Waals surface area contributed by atoms with Crippen LogP contribution in [0.3, 0.4) is 0 Å². The van der Waals surface area contributed by atoms with Crippen LogP contribution >= 0.6 is 0 Å². The van der Waals surface area contributed by atoms with E-state index in [0.29, 0.717) is 24.0 Å². The van der Waals surface area contributed by atoms with Gasteiger partial charge in [-0.2, -0.15) is 0 Å². The molecule has 426 valence electrons. The topological polar surface area (TPSA) is 244 Å². The molecule has 0 saturated carbocycles. The van der Waals surface area contributed by atoms with E-state index in [1.54, 1.807) is 123 Å². The number of aliphatic hydroxyl groups is 1. The van der Waals surface area contributed by atoms with E-state index >= 15 is 9.59 Å². The van der Waals surface area contributed by atoms with Crippen molar-refractivity contribution in [1.29, 1.82) is 0 Å². The Kier molecular flexibility index (Phi) is 23.2. The Hall–Kier alpha value is -6.37. The highest BCUT2D eigenvalue weighted by Gasteiger charge is 2.47. The zero-order valence-corrected chi connectivity index (χ0v) is 48.1. The molecule has 2 aliphatic heterocycles. The molecule has 0 radical (unpaired) electrons. The maximum atomic E-state index is 15.2. The highest BCUT2D eigenvalue weighted by atomic mass is 16.6. The normalized spacial score (nSPS) is 26.7. The van der Waals surface area contributed by atoms with Gasteiger partial charge in [-0.1, -0.05) is 150 Å². The van der Waals surface area contributed by atoms with Crippen molar-refractivity contribution in [3.63, 3.8) is 0 Å². The van der Waals surface area contributed by atoms with Gasteiger partial charge >= 0.3 is 5.97 Å². The molecular weight excluding hydrogens is 985 g/mol. The van der Waals surface area contributed by atoms with E-state index in [0.717, 1.165) is 4.90 Å². The second-order valence-corrected chi connectivity index (χ2v) is 22.9. The molecule has 2 heterocycles. The predicted octanol–water partition coefficient (Wildman–Crippen LogP) is 4.02. The SMILES string of the molecule is CC[C@@H](C)[C@H]1C(=O)N[C@@H](CC(C)C)C(=O)N(C)[C@@H](C(C)C)C(=O)O[C@H](C(C)C)C(=O)N[C@@H](C(C)C)C(=O)N[C@@H](Cc2ccccc2)C(=O)N(C)[C@@H](C(O)c2ccccc2)C(=O)N2CCC[C@H]2C(=O)N[C@@H](C(C)C)C(=O)N1C. The van der Waals surface area contributed by atoms with Gasteiger partial charge in [-0.3, -0.25) is 38.4 Å². The Morgan fingerprint density at radius 2 is 1.08 bits per heavy atom. The summed E-state index contributed by atoms with van der Waals surface area (Å²) in [5, 5.41) is 23.6. The first-order valence-corrected chi connectivity index (χ1v) is 27.4. The third-order valence-electron chi connectivity index (χ3n) is 15.0. The van der Waals surface area contributed by atoms with Crippen molar-refractivity contribution >= 4 is 53.2 Å². The number of likely N-dealkylation sites (N-methyl/N-ethyl adjacent to an activating group) is 3. The van der Waals surface area contributed by atoms with Gasteiger partial charge in [0.1, 0.15) is 54.4 Å². The predicted molar refractivity (Wildman–Crippen MR) is 292 cm³/mol. The molecule has 19 nitrogen and oxygen atoms in total. The Morgan fingerprint density at radius 3 is 1.61 bits per heavy atom. The first-order chi connectivity index (χ1) is 36.1. The van der Waals surface area contributed by atoms with Crippen molar-refractivity contribution in [3.8, 4) is 0 Å². The average Bonchev–Trinajstić information content (AvgIpc) is 3.88. The smallest absolute Gasteiger partial charge is 0.329 e. The first kappa shape index (κ1) is 63.2. The number of hydrogen-bond donors (Lipinski definition) is 5. The van der Waals surface area contributed by atoms with Crippen LogP contribution in [-0.2, 0) is 54.3 Å². The summed E-state index contributed by atoms with van der Waals surface area (Å²) >= 11 is 0. The summed E-state index contributed by atoms with van der Waals surface area (Å²) in [4.78, 5) is 138. The summed E-state index contributed by atoms with van der Waals surface area (Å²) in [6, 6.07) is 6.98. The largest absolute Gasteiger partial charge is 0.450 e. The van der Waals surface area contributed by atoms with Gasteiger partial charge in [0.25, 0.3) is 5.91 Å². The van der Waals surface area contributed by atoms with Crippen LogP contribution in [0.15, 0.2) is 60.7 Å². The summed E-state index contributed by atoms with van der Waals surface area (Å²) in [5.41, 5.74) is 0.941. The molecule has 19 heteroatoms. The molecule has 2 aliphatic rings. The Labute approximate surface area is 456 Å². The molecule has 8 amide bonds. The highest BCUT2D eigenvalue weighted by molar-refractivity contribution is 5.99. The molecule has 2 aromatic rings. The number of ether oxygens (including phenoxy) is 1. The summed E-state index contributed by atoms with van der Waals surface area (Å²) in [7, 11) is 4.25. The number of nitrogens with zero attached hydrogens (tertiary/aromatic N) is 4. The zero-order valence-electron chi connectivity index (χ0n) is 48.1. The zero-order chi connectivity index (χ0) is 57.7. The Bertz CT molecular complexity index is 2360. The highest BCUT2D eigenvalue weighted by Crippen LogP contribution is 2.29. The fourth-order valence-electron chi connectivity index (χ4n) is 10.3. The number of fused-ring (bicyclic) bond motifs is 1. The Balaban J connectivity index is 1.94. The lowest BCUT2D eigenvalue weighted by Gasteiger charge is -2.38. The summed E-state index contributed by atoms with van der Waals surface area (Å²) in [5.74, 6) is -9.32. The van der Waals surface area contributed by atoms with E-state index in [1.165, 1.54) is 35.8 Å². The third-order valence-corrected chi connectivity index (χ3v) is 15.0. The fourth-order valence-corrected chi connectivity index (χ4v) is 10.3. The number of carbonyl (C=O) groups is 9. The summed E-state index contributed by atoms with van der Waals surface area (Å²) in [6.45, 7) is 21.1. The number of aliphatic hydroxyl groups excluding tert-OH is 1. The van der Waals surface area contributed by atoms with Crippen molar-refractivity contribution in [3.05, 3.63) is 71.8 Å². The number of amides is 8. The number of benzene rings is 2. The molecule has 1 unspecified atom stereocenters. The van der Waals surface area contributed by atoms with Gasteiger partial charge < -0.3 is 50.7 Å². The lowest BCUT2D eigenvalue weighted by atomic mass is 9.93. The van der Waals surface area contributed by atoms with Crippen LogP contribution in [0.2, 0.25) is 0 Å². The second kappa shape index (κ2) is 28.3. The lowest BCUT2D eigenvalue weighted by Crippen LogP contribution is -2.62. The van der Waals surface area contributed by atoms with E-state index in [9.17, 15) is 38.7 Å². The number of esters is 1. The van der Waals surface area contributed by atoms with Crippen molar-refractivity contribution in [2.24, 2.45) is 35.5 Å². The van der Waals surface area contributed by atoms with Crippen LogP contribution in [0.4, 0.5) is 0 Å². The quantitative estimate of drug-likeness (QED) is 0.190. The van der Waals surface area contributed by atoms with Crippen LogP contribution < -0.4 is 21.3 Å². The van der Waals surface area contributed by atoms with Crippen molar-refractivity contribution in [1.82, 2.24) is 40.9 Å². The van der Waals surface area contributed by atoms with E-state index in [1.807, 2.05) is 20.8 Å². The second-order valence-electron chi connectivity index (χ2n) is 22.9. The van der Waals surface area contributed by atoms with E-state index in [2.05, 4.69) is 21.3 Å². The van der Waals surface area contributed by atoms with E-state index < -0.39 is 143 Å². The molecule has 0 bridgehead atoms. The van der Waals surface area contributed by atoms with Gasteiger partial charge in [-0.15, -0.1) is 0 Å². The van der Waals surface area contributed by atoms with Gasteiger partial charge in [0.2, 0.25) is 41.4 Å². The van der Waals surface area contributed by atoms with Crippen LogP contribution in [0, 0.1) is 35.5 Å². The molecule has 2 aromatic carbocycles. The molecule has 2 saturated heterocycles. The Morgan fingerprint density at radius 1 is 0.558 bits per heavy atom. The molecular formula is C58H88N8O11. The summed E-state index contributed by atoms with van der Waals surface area (Å²) in [6.07, 6.45) is -1.98. The van der Waals surface area contributed by atoms with Crippen molar-refractivity contribution in [2.75, 3.05) is 27.7 Å². The van der Waals surface area contributed by atoms with Gasteiger partial charge in [-0.05, 0) is 65.9 Å². The number of rotatable bonds is 12. The number of carbonyl (C=O) groups excluding carboxylic acids is 9. The fraction of sp³-hybridized carbons (Fsp3) is 0.638. The van der Waals surface area contributed by atoms with Crippen molar-refractivity contribution < 1.29 is 53.0 Å². The maximum absolute atomic E-state index is 15.2. The first-order valence-electron chi connectivity index (χ1n) is 27.4. The number of cyclic esters (lactones) is 1. The molecule has 77 heavy (non-hydrogen) atoms. The minimum absolute atomic E-state index is 0.0727. The molecule has 11 atom stereocenters. The maximum Gasteiger partial charge on any atom is 0.329 e. The number of hydrogen-bond acceptors (Lipinski definition) is 11. The average molecular weight is 1070 g/mol. The molecule has 0 aliphatic carbocycles. The summed E-state index contributed by atoms with van der Waals surface area (Å²) < 4.78 is 6.00. The van der Waals surface area contributed by atoms with Crippen LogP contribution in [0.25, 0.3) is 0 Å². The standard InChI is InChI=1S/C58H88N8O11/c1-16-37(12)46-52(70)60-40(30-32(2)3)54(72)63(13)45(35(8)9)58(76)77-49(36(10)11)53(71)61-43(33(4)5)51(69)59-41(31-38-24-19-17-20-25-38)55(73)65(15)47(48(67)39-26-21-18-22-27-39)57(75)66-29-23-28-42(66)50(68)62-44(34(6)7)56(74)64(46)14/h17-22,24-27,32-37,40-49,67H,16,23,28-31H2,1-15H3,(H,59,69)(H,60,70)(H,61,71)(H,62,68)/t37-,40+,41+,42+,43+,44+,45+,46+,47+,48?,49-/m1/s1.